The van der Waals surface area contributed by atoms with E-state index < -0.39 is 0 Å². The van der Waals surface area contributed by atoms with Crippen LogP contribution < -0.4 is 5.73 Å². The smallest absolute Gasteiger partial charge is 0.0230 e. The number of hydrogen-bond donors (Lipinski definition) is 1. The van der Waals surface area contributed by atoms with Crippen LogP contribution in [0.5, 0.6) is 0 Å². The molecule has 2 heteroatoms. The van der Waals surface area contributed by atoms with Crippen LogP contribution in [0.4, 0.5) is 0 Å². The summed E-state index contributed by atoms with van der Waals surface area (Å²) in [4.78, 5) is 2.38. The van der Waals surface area contributed by atoms with Crippen molar-refractivity contribution in [2.45, 2.75) is 40.3 Å². The Labute approximate surface area is 106 Å². The normalized spacial score (nSPS) is 12.1. The van der Waals surface area contributed by atoms with Gasteiger partial charge in [-0.3, -0.25) is 0 Å². The average molecular weight is 234 g/mol. The van der Waals surface area contributed by atoms with Crippen LogP contribution in [0.1, 0.15) is 38.3 Å². The zero-order chi connectivity index (χ0) is 12.9. The minimum Gasteiger partial charge on any atom is -0.326 e. The highest BCUT2D eigenvalue weighted by molar-refractivity contribution is 5.22. The van der Waals surface area contributed by atoms with Crippen LogP contribution in [0, 0.1) is 5.41 Å². The Bertz CT molecular complexity index is 322. The molecule has 0 spiro atoms. The monoisotopic (exact) mass is 234 g/mol. The molecule has 1 aromatic rings. The zero-order valence-corrected chi connectivity index (χ0v) is 11.7. The van der Waals surface area contributed by atoms with Crippen LogP contribution in [0.2, 0.25) is 0 Å². The summed E-state index contributed by atoms with van der Waals surface area (Å²) >= 11 is 0. The van der Waals surface area contributed by atoms with Crippen molar-refractivity contribution in [3.63, 3.8) is 0 Å². The molecule has 0 amide bonds. The predicted molar refractivity (Wildman–Crippen MR) is 74.7 cm³/mol. The molecule has 0 radical (unpaired) electrons. The highest BCUT2D eigenvalue weighted by atomic mass is 15.1. The van der Waals surface area contributed by atoms with Gasteiger partial charge in [0.1, 0.15) is 0 Å². The maximum atomic E-state index is 5.59. The lowest BCUT2D eigenvalue weighted by molar-refractivity contribution is 0.259. The molecule has 0 atom stereocenters. The van der Waals surface area contributed by atoms with E-state index in [1.54, 1.807) is 0 Å². The first-order valence-corrected chi connectivity index (χ1v) is 6.37. The second kappa shape index (κ2) is 6.18. The topological polar surface area (TPSA) is 29.3 Å². The lowest BCUT2D eigenvalue weighted by Gasteiger charge is -2.23. The molecule has 0 aromatic heterocycles. The van der Waals surface area contributed by atoms with Crippen molar-refractivity contribution < 1.29 is 0 Å². The van der Waals surface area contributed by atoms with Gasteiger partial charge in [-0.2, -0.15) is 0 Å². The molecule has 0 unspecified atom stereocenters. The molecule has 0 aliphatic carbocycles. The third-order valence-electron chi connectivity index (χ3n) is 2.95. The molecule has 1 rings (SSSR count). The summed E-state index contributed by atoms with van der Waals surface area (Å²) in [5, 5.41) is 0. The average Bonchev–Trinajstić information content (AvgIpc) is 2.27. The van der Waals surface area contributed by atoms with E-state index in [1.165, 1.54) is 17.5 Å². The summed E-state index contributed by atoms with van der Waals surface area (Å²) in [7, 11) is 2.18. The largest absolute Gasteiger partial charge is 0.326 e. The van der Waals surface area contributed by atoms with Gasteiger partial charge < -0.3 is 10.6 Å². The molecule has 0 saturated carbocycles. The first kappa shape index (κ1) is 14.2. The Morgan fingerprint density at radius 3 is 2.06 bits per heavy atom. The second-order valence-electron chi connectivity index (χ2n) is 6.07. The Hall–Kier alpha value is -0.860. The van der Waals surface area contributed by atoms with E-state index in [9.17, 15) is 0 Å². The summed E-state index contributed by atoms with van der Waals surface area (Å²) in [5.41, 5.74) is 8.56. The number of benzene rings is 1. The van der Waals surface area contributed by atoms with Gasteiger partial charge in [-0.05, 0) is 36.6 Å². The Kier molecular flexibility index (Phi) is 5.16. The molecule has 0 heterocycles. The summed E-state index contributed by atoms with van der Waals surface area (Å²) < 4.78 is 0. The molecule has 0 aliphatic heterocycles. The van der Waals surface area contributed by atoms with Crippen LogP contribution in [0.3, 0.4) is 0 Å². The lowest BCUT2D eigenvalue weighted by Crippen LogP contribution is -2.23. The van der Waals surface area contributed by atoms with Crippen LogP contribution >= 0.6 is 0 Å². The Morgan fingerprint density at radius 1 is 1.06 bits per heavy atom. The molecule has 2 N–H and O–H groups in total. The van der Waals surface area contributed by atoms with Crippen molar-refractivity contribution >= 4 is 0 Å². The standard InChI is InChI=1S/C15H26N2/c1-15(2,3)9-10-17(4)12-14-7-5-13(11-16)6-8-14/h5-8H,9-12,16H2,1-4H3. The fourth-order valence-electron chi connectivity index (χ4n) is 1.70. The summed E-state index contributed by atoms with van der Waals surface area (Å²) in [6.07, 6.45) is 1.23. The van der Waals surface area contributed by atoms with Gasteiger partial charge >= 0.3 is 0 Å². The van der Waals surface area contributed by atoms with Crippen molar-refractivity contribution in [2.24, 2.45) is 11.1 Å². The molecular formula is C15H26N2. The van der Waals surface area contributed by atoms with E-state index in [1.807, 2.05) is 0 Å². The van der Waals surface area contributed by atoms with E-state index in [2.05, 4.69) is 57.0 Å². The highest BCUT2D eigenvalue weighted by Gasteiger charge is 2.11. The van der Waals surface area contributed by atoms with E-state index in [0.717, 1.165) is 13.1 Å². The SMILES string of the molecule is CN(CCC(C)(C)C)Cc1ccc(CN)cc1. The molecule has 1 aromatic carbocycles. The Balaban J connectivity index is 2.42. The van der Waals surface area contributed by atoms with Gasteiger partial charge in [0.05, 0.1) is 0 Å². The molecule has 0 bridgehead atoms. The second-order valence-corrected chi connectivity index (χ2v) is 6.07. The molecule has 0 saturated heterocycles. The lowest BCUT2D eigenvalue weighted by atomic mass is 9.92. The number of nitrogens with zero attached hydrogens (tertiary/aromatic N) is 1. The van der Waals surface area contributed by atoms with Crippen molar-refractivity contribution in [3.8, 4) is 0 Å². The van der Waals surface area contributed by atoms with Crippen molar-refractivity contribution in [1.29, 1.82) is 0 Å². The molecule has 17 heavy (non-hydrogen) atoms. The molecule has 96 valence electrons. The van der Waals surface area contributed by atoms with Crippen molar-refractivity contribution in [1.82, 2.24) is 4.90 Å². The number of rotatable bonds is 5. The highest BCUT2D eigenvalue weighted by Crippen LogP contribution is 2.19. The van der Waals surface area contributed by atoms with Gasteiger partial charge in [0, 0.05) is 13.1 Å². The van der Waals surface area contributed by atoms with Gasteiger partial charge in [-0.25, -0.2) is 0 Å². The summed E-state index contributed by atoms with van der Waals surface area (Å²) in [6.45, 7) is 9.65. The molecule has 0 aliphatic rings. The van der Waals surface area contributed by atoms with Gasteiger partial charge in [-0.15, -0.1) is 0 Å². The minimum absolute atomic E-state index is 0.414. The van der Waals surface area contributed by atoms with Gasteiger partial charge in [-0.1, -0.05) is 45.0 Å². The minimum atomic E-state index is 0.414. The third-order valence-corrected chi connectivity index (χ3v) is 2.95. The van der Waals surface area contributed by atoms with Crippen LogP contribution in [-0.2, 0) is 13.1 Å². The summed E-state index contributed by atoms with van der Waals surface area (Å²) in [5.74, 6) is 0. The van der Waals surface area contributed by atoms with Crippen LogP contribution in [0.25, 0.3) is 0 Å². The molecule has 2 nitrogen and oxygen atoms in total. The van der Waals surface area contributed by atoms with Crippen molar-refractivity contribution in [2.75, 3.05) is 13.6 Å². The van der Waals surface area contributed by atoms with E-state index in [4.69, 9.17) is 5.73 Å². The number of hydrogen-bond acceptors (Lipinski definition) is 2. The van der Waals surface area contributed by atoms with Crippen LogP contribution in [0.15, 0.2) is 24.3 Å². The molecule has 0 fully saturated rings. The maximum Gasteiger partial charge on any atom is 0.0230 e. The van der Waals surface area contributed by atoms with Crippen LogP contribution in [-0.4, -0.2) is 18.5 Å². The quantitative estimate of drug-likeness (QED) is 0.848. The van der Waals surface area contributed by atoms with Crippen molar-refractivity contribution in [3.05, 3.63) is 35.4 Å². The van der Waals surface area contributed by atoms with E-state index >= 15 is 0 Å². The Morgan fingerprint density at radius 2 is 1.59 bits per heavy atom. The first-order valence-electron chi connectivity index (χ1n) is 6.37. The van der Waals surface area contributed by atoms with E-state index in [-0.39, 0.29) is 0 Å². The fraction of sp³-hybridized carbons (Fsp3) is 0.600. The zero-order valence-electron chi connectivity index (χ0n) is 11.7. The molecular weight excluding hydrogens is 208 g/mol. The van der Waals surface area contributed by atoms with Gasteiger partial charge in [0.2, 0.25) is 0 Å². The maximum absolute atomic E-state index is 5.59. The van der Waals surface area contributed by atoms with Gasteiger partial charge in [0.15, 0.2) is 0 Å². The first-order chi connectivity index (χ1) is 7.90. The summed E-state index contributed by atoms with van der Waals surface area (Å²) in [6, 6.07) is 8.59. The predicted octanol–water partition coefficient (Wildman–Crippen LogP) is 3.01. The van der Waals surface area contributed by atoms with Gasteiger partial charge in [0.25, 0.3) is 0 Å². The van der Waals surface area contributed by atoms with E-state index in [0.29, 0.717) is 12.0 Å². The fourth-order valence-corrected chi connectivity index (χ4v) is 1.70. The third kappa shape index (κ3) is 5.85. The number of nitrogens with two attached hydrogens (primary N) is 1.